The van der Waals surface area contributed by atoms with Crippen molar-refractivity contribution in [3.05, 3.63) is 95.7 Å². The highest BCUT2D eigenvalue weighted by Crippen LogP contribution is 2.21. The normalized spacial score (nSPS) is 12.2. The predicted molar refractivity (Wildman–Crippen MR) is 114 cm³/mol. The summed E-state index contributed by atoms with van der Waals surface area (Å²) in [5.41, 5.74) is 0.435. The van der Waals surface area contributed by atoms with Gasteiger partial charge in [0.25, 0.3) is 11.2 Å². The van der Waals surface area contributed by atoms with Crippen molar-refractivity contribution in [1.82, 2.24) is 9.55 Å². The molecular formula is C21H20N4O6. The van der Waals surface area contributed by atoms with Crippen LogP contribution in [0.4, 0.5) is 5.69 Å². The molecule has 0 fully saturated rings. The van der Waals surface area contributed by atoms with Gasteiger partial charge in [0, 0.05) is 18.3 Å². The summed E-state index contributed by atoms with van der Waals surface area (Å²) >= 11 is 0. The van der Waals surface area contributed by atoms with Gasteiger partial charge in [0.15, 0.2) is 0 Å². The number of hydrogen-bond donors (Lipinski definition) is 3. The van der Waals surface area contributed by atoms with Crippen LogP contribution in [0.15, 0.2) is 57.0 Å². The lowest BCUT2D eigenvalue weighted by atomic mass is 10.1. The van der Waals surface area contributed by atoms with Crippen LogP contribution in [0.3, 0.4) is 0 Å². The molecule has 31 heavy (non-hydrogen) atoms. The number of aliphatic hydroxyl groups excluding tert-OH is 1. The molecule has 0 bridgehead atoms. The van der Waals surface area contributed by atoms with Crippen LogP contribution in [0.25, 0.3) is 5.69 Å². The number of aliphatic hydroxyl groups is 1. The molecule has 160 valence electrons. The highest BCUT2D eigenvalue weighted by molar-refractivity contribution is 5.82. The first-order chi connectivity index (χ1) is 14.7. The molecule has 0 radical (unpaired) electrons. The third kappa shape index (κ3) is 4.59. The number of aryl methyl sites for hydroxylation is 2. The summed E-state index contributed by atoms with van der Waals surface area (Å²) in [6.45, 7) is 3.43. The highest BCUT2D eigenvalue weighted by Gasteiger charge is 2.16. The van der Waals surface area contributed by atoms with E-state index in [1.807, 2.05) is 13.0 Å². The number of rotatable bonds is 6. The number of nitro benzene ring substituents is 1. The fraction of sp³-hybridized carbons (Fsp3) is 0.190. The lowest BCUT2D eigenvalue weighted by Gasteiger charge is -2.13. The largest absolute Gasteiger partial charge is 0.493 e. The number of aromatic nitrogens is 2. The average molecular weight is 424 g/mol. The van der Waals surface area contributed by atoms with Gasteiger partial charge in [-0.2, -0.15) is 0 Å². The third-order valence-corrected chi connectivity index (χ3v) is 4.71. The van der Waals surface area contributed by atoms with Crippen molar-refractivity contribution in [3.8, 4) is 11.6 Å². The lowest BCUT2D eigenvalue weighted by molar-refractivity contribution is -0.384. The summed E-state index contributed by atoms with van der Waals surface area (Å²) in [7, 11) is 0. The van der Waals surface area contributed by atoms with E-state index >= 15 is 0 Å². The Hall–Kier alpha value is -4.05. The van der Waals surface area contributed by atoms with Crippen molar-refractivity contribution >= 4 is 11.9 Å². The number of nitrogens with one attached hydrogen (secondary N) is 1. The predicted octanol–water partition coefficient (Wildman–Crippen LogP) is 1.91. The van der Waals surface area contributed by atoms with Crippen molar-refractivity contribution in [2.45, 2.75) is 20.0 Å². The van der Waals surface area contributed by atoms with Crippen LogP contribution in [0, 0.1) is 24.0 Å². The molecule has 1 atom stereocenters. The number of H-pyrrole nitrogens is 1. The van der Waals surface area contributed by atoms with E-state index in [4.69, 9.17) is 0 Å². The smallest absolute Gasteiger partial charge is 0.335 e. The van der Waals surface area contributed by atoms with Crippen molar-refractivity contribution in [2.24, 2.45) is 4.99 Å². The zero-order valence-corrected chi connectivity index (χ0v) is 16.8. The van der Waals surface area contributed by atoms with E-state index in [1.54, 1.807) is 19.1 Å². The van der Waals surface area contributed by atoms with Crippen LogP contribution in [0.2, 0.25) is 0 Å². The van der Waals surface area contributed by atoms with Crippen LogP contribution in [-0.2, 0) is 0 Å². The highest BCUT2D eigenvalue weighted by atomic mass is 16.6. The number of aliphatic imine (C=N–C) groups is 1. The summed E-state index contributed by atoms with van der Waals surface area (Å²) < 4.78 is 0.984. The average Bonchev–Trinajstić information content (AvgIpc) is 2.72. The van der Waals surface area contributed by atoms with Gasteiger partial charge >= 0.3 is 5.69 Å². The third-order valence-electron chi connectivity index (χ3n) is 4.71. The molecule has 2 aromatic carbocycles. The van der Waals surface area contributed by atoms with Gasteiger partial charge in [-0.1, -0.05) is 12.1 Å². The minimum absolute atomic E-state index is 0.107. The van der Waals surface area contributed by atoms with Crippen LogP contribution in [0.5, 0.6) is 5.88 Å². The Morgan fingerprint density at radius 2 is 1.87 bits per heavy atom. The molecule has 3 rings (SSSR count). The summed E-state index contributed by atoms with van der Waals surface area (Å²) in [5, 5.41) is 31.5. The molecule has 1 aromatic heterocycles. The van der Waals surface area contributed by atoms with Crippen molar-refractivity contribution in [3.63, 3.8) is 0 Å². The first-order valence-corrected chi connectivity index (χ1v) is 9.27. The Balaban J connectivity index is 1.90. The molecule has 0 amide bonds. The molecule has 10 heteroatoms. The Kier molecular flexibility index (Phi) is 6.12. The van der Waals surface area contributed by atoms with Gasteiger partial charge in [0.1, 0.15) is 5.56 Å². The summed E-state index contributed by atoms with van der Waals surface area (Å²) in [6.07, 6.45) is -0.00711. The van der Waals surface area contributed by atoms with Crippen molar-refractivity contribution < 1.29 is 15.1 Å². The second kappa shape index (κ2) is 8.76. The Bertz CT molecular complexity index is 1270. The second-order valence-electron chi connectivity index (χ2n) is 6.98. The molecule has 0 aliphatic carbocycles. The molecule has 0 saturated carbocycles. The van der Waals surface area contributed by atoms with Crippen molar-refractivity contribution in [1.29, 1.82) is 0 Å². The maximum Gasteiger partial charge on any atom is 0.335 e. The minimum Gasteiger partial charge on any atom is -0.493 e. The van der Waals surface area contributed by atoms with Crippen LogP contribution in [0.1, 0.15) is 28.4 Å². The summed E-state index contributed by atoms with van der Waals surface area (Å²) in [5.74, 6) is -0.573. The number of aromatic amines is 1. The van der Waals surface area contributed by atoms with Gasteiger partial charge in [-0.3, -0.25) is 24.9 Å². The lowest BCUT2D eigenvalue weighted by Crippen LogP contribution is -2.31. The number of aromatic hydroxyl groups is 1. The molecule has 0 unspecified atom stereocenters. The van der Waals surface area contributed by atoms with E-state index in [9.17, 15) is 29.9 Å². The molecule has 3 aromatic rings. The quantitative estimate of drug-likeness (QED) is 0.312. The molecule has 3 N–H and O–H groups in total. The summed E-state index contributed by atoms with van der Waals surface area (Å²) in [6, 6.07) is 10.7. The van der Waals surface area contributed by atoms with Gasteiger partial charge < -0.3 is 10.2 Å². The van der Waals surface area contributed by atoms with Gasteiger partial charge in [-0.05, 0) is 48.7 Å². The number of non-ortho nitro benzene ring substituents is 1. The van der Waals surface area contributed by atoms with E-state index in [0.717, 1.165) is 16.3 Å². The molecule has 0 saturated heterocycles. The Morgan fingerprint density at radius 3 is 2.52 bits per heavy atom. The van der Waals surface area contributed by atoms with Gasteiger partial charge in [0.2, 0.25) is 5.88 Å². The number of hydrogen-bond acceptors (Lipinski definition) is 7. The molecule has 1 heterocycles. The molecular weight excluding hydrogens is 404 g/mol. The van der Waals surface area contributed by atoms with Crippen LogP contribution < -0.4 is 11.2 Å². The monoisotopic (exact) mass is 424 g/mol. The Morgan fingerprint density at radius 1 is 1.19 bits per heavy atom. The number of benzene rings is 2. The van der Waals surface area contributed by atoms with Crippen LogP contribution in [-0.4, -0.2) is 37.4 Å². The van der Waals surface area contributed by atoms with E-state index in [1.165, 1.54) is 24.3 Å². The maximum atomic E-state index is 12.3. The zero-order chi connectivity index (χ0) is 22.7. The maximum absolute atomic E-state index is 12.3. The SMILES string of the molecule is Cc1ccc(C)c(-n2c(O)c(C=NC[C@H](O)c3ccc([N+](=O)[O-])cc3)c(=O)[nH]c2=O)c1. The first-order valence-electron chi connectivity index (χ1n) is 9.27. The van der Waals surface area contributed by atoms with E-state index in [-0.39, 0.29) is 17.8 Å². The molecule has 10 nitrogen and oxygen atoms in total. The van der Waals surface area contributed by atoms with Gasteiger partial charge in [-0.25, -0.2) is 9.36 Å². The topological polar surface area (TPSA) is 151 Å². The number of nitro groups is 1. The van der Waals surface area contributed by atoms with E-state index < -0.39 is 28.2 Å². The molecule has 0 aliphatic heterocycles. The summed E-state index contributed by atoms with van der Waals surface area (Å²) in [4.78, 5) is 40.8. The fourth-order valence-electron chi connectivity index (χ4n) is 3.01. The number of nitrogens with zero attached hydrogens (tertiary/aromatic N) is 3. The Labute approximate surface area is 175 Å². The second-order valence-corrected chi connectivity index (χ2v) is 6.98. The van der Waals surface area contributed by atoms with Gasteiger partial charge in [0.05, 0.1) is 23.3 Å². The van der Waals surface area contributed by atoms with Crippen LogP contribution >= 0.6 is 0 Å². The fourth-order valence-corrected chi connectivity index (χ4v) is 3.01. The molecule has 0 aliphatic rings. The van der Waals surface area contributed by atoms with Gasteiger partial charge in [-0.15, -0.1) is 0 Å². The minimum atomic E-state index is -1.08. The first kappa shape index (κ1) is 21.7. The van der Waals surface area contributed by atoms with Crippen molar-refractivity contribution in [2.75, 3.05) is 6.54 Å². The molecule has 0 spiro atoms. The zero-order valence-electron chi connectivity index (χ0n) is 16.8. The van der Waals surface area contributed by atoms with E-state index in [2.05, 4.69) is 9.98 Å². The van der Waals surface area contributed by atoms with E-state index in [0.29, 0.717) is 16.8 Å². The standard InChI is InChI=1S/C21H20N4O6/c1-12-3-4-13(2)17(9-12)24-20(28)16(19(27)23-21(24)29)10-22-11-18(26)14-5-7-15(8-6-14)25(30)31/h3-10,18,26,28H,11H2,1-2H3,(H,23,27,29)/t18-/m0/s1.